The monoisotopic (exact) mass is 245 g/mol. The number of H-pyrrole nitrogens is 1. The predicted octanol–water partition coefficient (Wildman–Crippen LogP) is 2.41. The molecule has 0 saturated carbocycles. The zero-order valence-electron chi connectivity index (χ0n) is 10.9. The smallest absolute Gasteiger partial charge is 0.217 e. The van der Waals surface area contributed by atoms with Crippen LogP contribution in [0.5, 0.6) is 5.88 Å². The van der Waals surface area contributed by atoms with Gasteiger partial charge in [-0.3, -0.25) is 0 Å². The van der Waals surface area contributed by atoms with Gasteiger partial charge >= 0.3 is 0 Å². The average molecular weight is 245 g/mol. The molecule has 18 heavy (non-hydrogen) atoms. The SMILES string of the molecule is CN(C)CCCOc1[nH]ncc1-c1ccccc1. The van der Waals surface area contributed by atoms with Crippen LogP contribution in [0, 0.1) is 0 Å². The summed E-state index contributed by atoms with van der Waals surface area (Å²) in [5.41, 5.74) is 2.13. The van der Waals surface area contributed by atoms with Gasteiger partial charge in [0.05, 0.1) is 18.4 Å². The number of aromatic amines is 1. The third-order valence-corrected chi connectivity index (χ3v) is 2.69. The number of rotatable bonds is 6. The largest absolute Gasteiger partial charge is 0.477 e. The third kappa shape index (κ3) is 3.34. The van der Waals surface area contributed by atoms with Gasteiger partial charge in [-0.15, -0.1) is 0 Å². The van der Waals surface area contributed by atoms with E-state index in [-0.39, 0.29) is 0 Å². The molecule has 0 spiro atoms. The molecule has 0 atom stereocenters. The molecule has 2 aromatic rings. The Balaban J connectivity index is 1.96. The standard InChI is InChI=1S/C14H19N3O/c1-17(2)9-6-10-18-14-13(11-15-16-14)12-7-4-3-5-8-12/h3-5,7-8,11H,6,9-10H2,1-2H3,(H,15,16). The van der Waals surface area contributed by atoms with E-state index in [0.29, 0.717) is 6.61 Å². The van der Waals surface area contributed by atoms with Crippen molar-refractivity contribution in [3.63, 3.8) is 0 Å². The van der Waals surface area contributed by atoms with Gasteiger partial charge in [-0.1, -0.05) is 30.3 Å². The lowest BCUT2D eigenvalue weighted by Crippen LogP contribution is -2.15. The molecule has 0 aliphatic carbocycles. The fourth-order valence-corrected chi connectivity index (χ4v) is 1.76. The Kier molecular flexibility index (Phi) is 4.36. The Morgan fingerprint density at radius 3 is 2.72 bits per heavy atom. The molecule has 0 radical (unpaired) electrons. The Morgan fingerprint density at radius 1 is 1.22 bits per heavy atom. The zero-order valence-corrected chi connectivity index (χ0v) is 10.9. The van der Waals surface area contributed by atoms with Crippen LogP contribution in [0.4, 0.5) is 0 Å². The maximum absolute atomic E-state index is 5.74. The van der Waals surface area contributed by atoms with Crippen molar-refractivity contribution in [2.45, 2.75) is 6.42 Å². The molecule has 1 N–H and O–H groups in total. The summed E-state index contributed by atoms with van der Waals surface area (Å²) in [6, 6.07) is 10.1. The van der Waals surface area contributed by atoms with Gasteiger partial charge in [-0.2, -0.15) is 5.10 Å². The summed E-state index contributed by atoms with van der Waals surface area (Å²) in [5, 5.41) is 6.96. The fourth-order valence-electron chi connectivity index (χ4n) is 1.76. The van der Waals surface area contributed by atoms with Crippen molar-refractivity contribution in [2.75, 3.05) is 27.2 Å². The first-order chi connectivity index (χ1) is 8.77. The molecule has 0 unspecified atom stereocenters. The summed E-state index contributed by atoms with van der Waals surface area (Å²) < 4.78 is 5.74. The van der Waals surface area contributed by atoms with Gasteiger partial charge in [0.25, 0.3) is 0 Å². The van der Waals surface area contributed by atoms with E-state index in [0.717, 1.165) is 30.0 Å². The number of nitrogens with one attached hydrogen (secondary N) is 1. The lowest BCUT2D eigenvalue weighted by molar-refractivity contribution is 0.274. The van der Waals surface area contributed by atoms with Gasteiger partial charge in [0.15, 0.2) is 0 Å². The first-order valence-corrected chi connectivity index (χ1v) is 6.13. The highest BCUT2D eigenvalue weighted by Crippen LogP contribution is 2.27. The minimum atomic E-state index is 0.695. The summed E-state index contributed by atoms with van der Waals surface area (Å²) in [7, 11) is 4.12. The van der Waals surface area contributed by atoms with E-state index < -0.39 is 0 Å². The molecular weight excluding hydrogens is 226 g/mol. The molecule has 1 heterocycles. The van der Waals surface area contributed by atoms with Crippen molar-refractivity contribution in [1.29, 1.82) is 0 Å². The van der Waals surface area contributed by atoms with Crippen molar-refractivity contribution in [1.82, 2.24) is 15.1 Å². The van der Waals surface area contributed by atoms with Crippen LogP contribution in [0.25, 0.3) is 11.1 Å². The molecule has 0 bridgehead atoms. The van der Waals surface area contributed by atoms with Gasteiger partial charge in [0.2, 0.25) is 5.88 Å². The van der Waals surface area contributed by atoms with E-state index in [1.165, 1.54) is 0 Å². The Bertz CT molecular complexity index is 465. The second-order valence-corrected chi connectivity index (χ2v) is 4.48. The van der Waals surface area contributed by atoms with Crippen molar-refractivity contribution >= 4 is 0 Å². The quantitative estimate of drug-likeness (QED) is 0.795. The summed E-state index contributed by atoms with van der Waals surface area (Å²) in [6.45, 7) is 1.72. The number of hydrogen-bond acceptors (Lipinski definition) is 3. The van der Waals surface area contributed by atoms with Crippen molar-refractivity contribution in [3.05, 3.63) is 36.5 Å². The lowest BCUT2D eigenvalue weighted by Gasteiger charge is -2.10. The number of nitrogens with zero attached hydrogens (tertiary/aromatic N) is 2. The zero-order chi connectivity index (χ0) is 12.8. The first kappa shape index (κ1) is 12.6. The van der Waals surface area contributed by atoms with Crippen molar-refractivity contribution in [3.8, 4) is 17.0 Å². The molecule has 4 heteroatoms. The molecule has 0 fully saturated rings. The minimum Gasteiger partial charge on any atom is -0.477 e. The molecule has 0 aliphatic rings. The molecule has 96 valence electrons. The molecule has 4 nitrogen and oxygen atoms in total. The van der Waals surface area contributed by atoms with E-state index in [2.05, 4.69) is 41.3 Å². The summed E-state index contributed by atoms with van der Waals surface area (Å²) in [6.07, 6.45) is 2.80. The van der Waals surface area contributed by atoms with Crippen LogP contribution >= 0.6 is 0 Å². The van der Waals surface area contributed by atoms with Gasteiger partial charge < -0.3 is 9.64 Å². The molecule has 1 aromatic carbocycles. The van der Waals surface area contributed by atoms with E-state index in [1.54, 1.807) is 6.20 Å². The van der Waals surface area contributed by atoms with E-state index >= 15 is 0 Å². The van der Waals surface area contributed by atoms with Crippen molar-refractivity contribution in [2.24, 2.45) is 0 Å². The van der Waals surface area contributed by atoms with Crippen molar-refractivity contribution < 1.29 is 4.74 Å². The van der Waals surface area contributed by atoms with Crippen LogP contribution in [0.15, 0.2) is 36.5 Å². The summed E-state index contributed by atoms with van der Waals surface area (Å²) >= 11 is 0. The normalized spacial score (nSPS) is 10.8. The van der Waals surface area contributed by atoms with Gasteiger partial charge in [0, 0.05) is 6.54 Å². The molecule has 0 aliphatic heterocycles. The number of aromatic nitrogens is 2. The van der Waals surface area contributed by atoms with E-state index in [1.807, 2.05) is 18.2 Å². The van der Waals surface area contributed by atoms with Gasteiger partial charge in [0.1, 0.15) is 0 Å². The van der Waals surface area contributed by atoms with Crippen LogP contribution in [0.2, 0.25) is 0 Å². The Hall–Kier alpha value is -1.81. The molecule has 2 rings (SSSR count). The fraction of sp³-hybridized carbons (Fsp3) is 0.357. The number of hydrogen-bond donors (Lipinski definition) is 1. The molecule has 1 aromatic heterocycles. The van der Waals surface area contributed by atoms with Crippen LogP contribution in [-0.4, -0.2) is 42.3 Å². The highest BCUT2D eigenvalue weighted by atomic mass is 16.5. The number of benzene rings is 1. The highest BCUT2D eigenvalue weighted by molar-refractivity contribution is 5.67. The van der Waals surface area contributed by atoms with Gasteiger partial charge in [-0.25, -0.2) is 5.10 Å². The molecule has 0 saturated heterocycles. The number of ether oxygens (including phenoxy) is 1. The Morgan fingerprint density at radius 2 is 2.00 bits per heavy atom. The van der Waals surface area contributed by atoms with Crippen LogP contribution in [0.3, 0.4) is 0 Å². The maximum atomic E-state index is 5.74. The predicted molar refractivity (Wildman–Crippen MR) is 72.7 cm³/mol. The van der Waals surface area contributed by atoms with Crippen LogP contribution < -0.4 is 4.74 Å². The summed E-state index contributed by atoms with van der Waals surface area (Å²) in [5.74, 6) is 0.750. The summed E-state index contributed by atoms with van der Waals surface area (Å²) in [4.78, 5) is 2.15. The Labute approximate surface area is 108 Å². The minimum absolute atomic E-state index is 0.695. The second kappa shape index (κ2) is 6.21. The third-order valence-electron chi connectivity index (χ3n) is 2.69. The average Bonchev–Trinajstić information content (AvgIpc) is 2.84. The van der Waals surface area contributed by atoms with Crippen LogP contribution in [-0.2, 0) is 0 Å². The molecular formula is C14H19N3O. The second-order valence-electron chi connectivity index (χ2n) is 4.48. The lowest BCUT2D eigenvalue weighted by atomic mass is 10.1. The maximum Gasteiger partial charge on any atom is 0.217 e. The molecule has 0 amide bonds. The topological polar surface area (TPSA) is 41.1 Å². The van der Waals surface area contributed by atoms with E-state index in [9.17, 15) is 0 Å². The first-order valence-electron chi connectivity index (χ1n) is 6.13. The van der Waals surface area contributed by atoms with Gasteiger partial charge in [-0.05, 0) is 26.1 Å². The highest BCUT2D eigenvalue weighted by Gasteiger charge is 2.08. The van der Waals surface area contributed by atoms with Crippen LogP contribution in [0.1, 0.15) is 6.42 Å². The van der Waals surface area contributed by atoms with E-state index in [4.69, 9.17) is 4.74 Å².